The topological polar surface area (TPSA) is 45.2 Å². The predicted molar refractivity (Wildman–Crippen MR) is 94.4 cm³/mol. The zero-order valence-corrected chi connectivity index (χ0v) is 13.9. The number of aromatic nitrogens is 1. The minimum atomic E-state index is -0.308. The Morgan fingerprint density at radius 3 is 2.83 bits per heavy atom. The SMILES string of the molecule is CN(Cc1cccc(F)c1)C(=O)Nc1cccc(-c2nccs2)c1. The number of amides is 2. The average molecular weight is 341 g/mol. The minimum absolute atomic E-state index is 0.254. The second-order valence-corrected chi connectivity index (χ2v) is 6.23. The summed E-state index contributed by atoms with van der Waals surface area (Å²) in [4.78, 5) is 18.1. The number of carbonyl (C=O) groups excluding carboxylic acids is 1. The van der Waals surface area contributed by atoms with E-state index in [4.69, 9.17) is 0 Å². The summed E-state index contributed by atoms with van der Waals surface area (Å²) in [6, 6.07) is 13.5. The van der Waals surface area contributed by atoms with Crippen LogP contribution in [0.2, 0.25) is 0 Å². The standard InChI is InChI=1S/C18H16FN3OS/c1-22(12-13-4-2-6-15(19)10-13)18(23)21-16-7-3-5-14(11-16)17-20-8-9-24-17/h2-11H,12H2,1H3,(H,21,23). The van der Waals surface area contributed by atoms with E-state index in [9.17, 15) is 9.18 Å². The fourth-order valence-corrected chi connectivity index (χ4v) is 2.93. The first-order valence-electron chi connectivity index (χ1n) is 7.38. The maximum Gasteiger partial charge on any atom is 0.321 e. The molecule has 122 valence electrons. The third-order valence-corrected chi connectivity index (χ3v) is 4.27. The molecule has 4 nitrogen and oxygen atoms in total. The van der Waals surface area contributed by atoms with Crippen molar-refractivity contribution in [3.8, 4) is 10.6 Å². The van der Waals surface area contributed by atoms with Crippen LogP contribution < -0.4 is 5.32 Å². The van der Waals surface area contributed by atoms with E-state index >= 15 is 0 Å². The van der Waals surface area contributed by atoms with E-state index in [0.717, 1.165) is 16.1 Å². The van der Waals surface area contributed by atoms with Crippen molar-refractivity contribution in [3.05, 3.63) is 71.5 Å². The molecule has 1 aromatic heterocycles. The number of nitrogens with one attached hydrogen (secondary N) is 1. The molecular weight excluding hydrogens is 325 g/mol. The summed E-state index contributed by atoms with van der Waals surface area (Å²) in [6.07, 6.45) is 1.75. The molecule has 0 spiro atoms. The number of benzene rings is 2. The highest BCUT2D eigenvalue weighted by Crippen LogP contribution is 2.24. The number of nitrogens with zero attached hydrogens (tertiary/aromatic N) is 2. The Labute approximate surface area is 143 Å². The number of hydrogen-bond acceptors (Lipinski definition) is 3. The largest absolute Gasteiger partial charge is 0.323 e. The van der Waals surface area contributed by atoms with E-state index in [1.54, 1.807) is 36.7 Å². The minimum Gasteiger partial charge on any atom is -0.323 e. The van der Waals surface area contributed by atoms with E-state index < -0.39 is 0 Å². The molecule has 0 unspecified atom stereocenters. The van der Waals surface area contributed by atoms with Crippen LogP contribution in [-0.2, 0) is 6.54 Å². The molecule has 6 heteroatoms. The van der Waals surface area contributed by atoms with Crippen molar-refractivity contribution in [2.45, 2.75) is 6.54 Å². The van der Waals surface area contributed by atoms with Crippen LogP contribution in [0.4, 0.5) is 14.9 Å². The van der Waals surface area contributed by atoms with Crippen LogP contribution in [0.25, 0.3) is 10.6 Å². The van der Waals surface area contributed by atoms with Gasteiger partial charge >= 0.3 is 6.03 Å². The third-order valence-electron chi connectivity index (χ3n) is 3.45. The molecule has 0 aliphatic carbocycles. The Bertz CT molecular complexity index is 836. The summed E-state index contributed by atoms with van der Waals surface area (Å²) in [5.41, 5.74) is 2.39. The van der Waals surface area contributed by atoms with Crippen molar-refractivity contribution < 1.29 is 9.18 Å². The maximum absolute atomic E-state index is 13.2. The van der Waals surface area contributed by atoms with Crippen LogP contribution in [0.5, 0.6) is 0 Å². The van der Waals surface area contributed by atoms with Gasteiger partial charge in [0.1, 0.15) is 10.8 Å². The van der Waals surface area contributed by atoms with Crippen LogP contribution in [0.1, 0.15) is 5.56 Å². The Balaban J connectivity index is 1.67. The van der Waals surface area contributed by atoms with Gasteiger partial charge in [-0.1, -0.05) is 24.3 Å². The molecule has 0 aliphatic heterocycles. The van der Waals surface area contributed by atoms with Crippen molar-refractivity contribution in [1.29, 1.82) is 0 Å². The van der Waals surface area contributed by atoms with Gasteiger partial charge in [-0.2, -0.15) is 0 Å². The van der Waals surface area contributed by atoms with Gasteiger partial charge < -0.3 is 10.2 Å². The van der Waals surface area contributed by atoms with E-state index in [1.165, 1.54) is 17.0 Å². The normalized spacial score (nSPS) is 10.4. The lowest BCUT2D eigenvalue weighted by molar-refractivity contribution is 0.220. The molecular formula is C18H16FN3OS. The third kappa shape index (κ3) is 3.97. The van der Waals surface area contributed by atoms with Crippen LogP contribution in [-0.4, -0.2) is 23.0 Å². The predicted octanol–water partition coefficient (Wildman–Crippen LogP) is 4.61. The lowest BCUT2D eigenvalue weighted by Crippen LogP contribution is -2.30. The van der Waals surface area contributed by atoms with Crippen LogP contribution in [0.3, 0.4) is 0 Å². The van der Waals surface area contributed by atoms with Crippen LogP contribution in [0.15, 0.2) is 60.1 Å². The van der Waals surface area contributed by atoms with E-state index in [2.05, 4.69) is 10.3 Å². The first kappa shape index (κ1) is 16.1. The highest BCUT2D eigenvalue weighted by molar-refractivity contribution is 7.13. The zero-order chi connectivity index (χ0) is 16.9. The Hall–Kier alpha value is -2.73. The first-order chi connectivity index (χ1) is 11.6. The van der Waals surface area contributed by atoms with Gasteiger partial charge in [-0.15, -0.1) is 11.3 Å². The Morgan fingerprint density at radius 2 is 2.08 bits per heavy atom. The smallest absolute Gasteiger partial charge is 0.321 e. The molecule has 0 saturated heterocycles. The second kappa shape index (κ2) is 7.23. The van der Waals surface area contributed by atoms with Crippen LogP contribution >= 0.6 is 11.3 Å². The lowest BCUT2D eigenvalue weighted by Gasteiger charge is -2.18. The van der Waals surface area contributed by atoms with Crippen molar-refractivity contribution in [1.82, 2.24) is 9.88 Å². The molecule has 3 aromatic rings. The van der Waals surface area contributed by atoms with Gasteiger partial charge in [0.15, 0.2) is 0 Å². The van der Waals surface area contributed by atoms with Crippen molar-refractivity contribution in [2.24, 2.45) is 0 Å². The number of thiazole rings is 1. The number of halogens is 1. The molecule has 24 heavy (non-hydrogen) atoms. The molecule has 1 N–H and O–H groups in total. The summed E-state index contributed by atoms with van der Waals surface area (Å²) >= 11 is 1.54. The summed E-state index contributed by atoms with van der Waals surface area (Å²) in [5, 5.41) is 5.66. The van der Waals surface area contributed by atoms with Crippen molar-refractivity contribution >= 4 is 23.1 Å². The zero-order valence-electron chi connectivity index (χ0n) is 13.1. The Kier molecular flexibility index (Phi) is 4.86. The molecule has 2 aromatic carbocycles. The van der Waals surface area contributed by atoms with E-state index in [1.807, 2.05) is 29.6 Å². The molecule has 0 fully saturated rings. The Morgan fingerprint density at radius 1 is 1.25 bits per heavy atom. The quantitative estimate of drug-likeness (QED) is 0.753. The molecule has 0 saturated carbocycles. The van der Waals surface area contributed by atoms with Gasteiger partial charge in [-0.25, -0.2) is 14.2 Å². The van der Waals surface area contributed by atoms with Crippen molar-refractivity contribution in [2.75, 3.05) is 12.4 Å². The van der Waals surface area contributed by atoms with Gasteiger partial charge in [-0.3, -0.25) is 0 Å². The van der Waals surface area contributed by atoms with Crippen molar-refractivity contribution in [3.63, 3.8) is 0 Å². The van der Waals surface area contributed by atoms with Gasteiger partial charge in [0, 0.05) is 36.4 Å². The molecule has 3 rings (SSSR count). The number of anilines is 1. The van der Waals surface area contributed by atoms with E-state index in [0.29, 0.717) is 12.2 Å². The fourth-order valence-electron chi connectivity index (χ4n) is 2.30. The highest BCUT2D eigenvalue weighted by atomic mass is 32.1. The number of rotatable bonds is 4. The first-order valence-corrected chi connectivity index (χ1v) is 8.26. The lowest BCUT2D eigenvalue weighted by atomic mass is 10.2. The second-order valence-electron chi connectivity index (χ2n) is 5.33. The fraction of sp³-hybridized carbons (Fsp3) is 0.111. The van der Waals surface area contributed by atoms with Gasteiger partial charge in [0.25, 0.3) is 0 Å². The molecule has 0 atom stereocenters. The summed E-state index contributed by atoms with van der Waals surface area (Å²) < 4.78 is 13.2. The van der Waals surface area contributed by atoms with Gasteiger partial charge in [0.2, 0.25) is 0 Å². The average Bonchev–Trinajstić information content (AvgIpc) is 3.09. The van der Waals surface area contributed by atoms with E-state index in [-0.39, 0.29) is 11.8 Å². The van der Waals surface area contributed by atoms with Gasteiger partial charge in [-0.05, 0) is 29.8 Å². The summed E-state index contributed by atoms with van der Waals surface area (Å²) in [5.74, 6) is -0.308. The maximum atomic E-state index is 13.2. The van der Waals surface area contributed by atoms with Crippen LogP contribution in [0, 0.1) is 5.82 Å². The number of urea groups is 1. The molecule has 0 aliphatic rings. The highest BCUT2D eigenvalue weighted by Gasteiger charge is 2.10. The monoisotopic (exact) mass is 341 g/mol. The molecule has 2 amide bonds. The van der Waals surface area contributed by atoms with Gasteiger partial charge in [0.05, 0.1) is 0 Å². The molecule has 1 heterocycles. The number of carbonyl (C=O) groups is 1. The molecule has 0 bridgehead atoms. The summed E-state index contributed by atoms with van der Waals surface area (Å²) in [6.45, 7) is 0.329. The summed E-state index contributed by atoms with van der Waals surface area (Å²) in [7, 11) is 1.67. The molecule has 0 radical (unpaired) electrons. The number of hydrogen-bond donors (Lipinski definition) is 1.